The van der Waals surface area contributed by atoms with Crippen molar-refractivity contribution < 1.29 is 24.2 Å². The molecule has 174 valence electrons. The molecule has 0 radical (unpaired) electrons. The number of hydrogen-bond donors (Lipinski definition) is 1. The predicted molar refractivity (Wildman–Crippen MR) is 129 cm³/mol. The topological polar surface area (TPSA) is 76.1 Å². The van der Waals surface area contributed by atoms with Gasteiger partial charge >= 0.3 is 5.97 Å². The lowest BCUT2D eigenvalue weighted by Gasteiger charge is -2.28. The van der Waals surface area contributed by atoms with Gasteiger partial charge in [0.25, 0.3) is 5.91 Å². The van der Waals surface area contributed by atoms with Crippen LogP contribution in [0, 0.1) is 5.92 Å². The van der Waals surface area contributed by atoms with Crippen LogP contribution in [0.2, 0.25) is 0 Å². The number of amides is 1. The van der Waals surface area contributed by atoms with E-state index in [-0.39, 0.29) is 6.61 Å². The number of ether oxygens (including phenoxy) is 2. The van der Waals surface area contributed by atoms with E-state index in [4.69, 9.17) is 9.47 Å². The Balaban J connectivity index is 1.91. The number of esters is 1. The van der Waals surface area contributed by atoms with Gasteiger partial charge in [-0.3, -0.25) is 4.79 Å². The average Bonchev–Trinajstić information content (AvgIpc) is 3.11. The standard InChI is InChI=1S/C28H27NO5/c1-3-34-25(30)19-18-24-26(20-10-6-4-7-11-20)29(22-14-16-23(33-2)17-15-22)27(31)28(24,32)21-12-8-5-9-13-21/h4-19,24,26,32H,3H2,1-2H3/b19-18+/t24-,26-,28+/m1/s1. The maximum atomic E-state index is 14.0. The molecule has 1 aliphatic heterocycles. The number of carbonyl (C=O) groups excluding carboxylic acids is 2. The van der Waals surface area contributed by atoms with Crippen LogP contribution < -0.4 is 9.64 Å². The van der Waals surface area contributed by atoms with E-state index >= 15 is 0 Å². The van der Waals surface area contributed by atoms with Gasteiger partial charge in [-0.1, -0.05) is 66.7 Å². The van der Waals surface area contributed by atoms with Crippen LogP contribution in [0.4, 0.5) is 5.69 Å². The lowest BCUT2D eigenvalue weighted by molar-refractivity contribution is -0.138. The van der Waals surface area contributed by atoms with Gasteiger partial charge in [0.1, 0.15) is 5.75 Å². The Morgan fingerprint density at radius 2 is 1.62 bits per heavy atom. The molecule has 3 aromatic carbocycles. The molecule has 0 aromatic heterocycles. The van der Waals surface area contributed by atoms with Crippen molar-refractivity contribution in [3.05, 3.63) is 108 Å². The van der Waals surface area contributed by atoms with Gasteiger partial charge in [-0.2, -0.15) is 0 Å². The summed E-state index contributed by atoms with van der Waals surface area (Å²) in [5, 5.41) is 12.1. The highest BCUT2D eigenvalue weighted by Gasteiger charge is 2.59. The molecule has 1 fully saturated rings. The fourth-order valence-corrected chi connectivity index (χ4v) is 4.49. The summed E-state index contributed by atoms with van der Waals surface area (Å²) in [4.78, 5) is 27.8. The molecule has 0 aliphatic carbocycles. The molecular formula is C28H27NO5. The molecule has 0 unspecified atom stereocenters. The van der Waals surface area contributed by atoms with Crippen LogP contribution in [0.3, 0.4) is 0 Å². The third-order valence-electron chi connectivity index (χ3n) is 6.08. The maximum Gasteiger partial charge on any atom is 0.330 e. The van der Waals surface area contributed by atoms with Crippen molar-refractivity contribution in [1.82, 2.24) is 0 Å². The van der Waals surface area contributed by atoms with E-state index in [1.165, 1.54) is 6.08 Å². The third kappa shape index (κ3) is 4.20. The van der Waals surface area contributed by atoms with E-state index < -0.39 is 29.4 Å². The van der Waals surface area contributed by atoms with Crippen LogP contribution in [0.25, 0.3) is 0 Å². The third-order valence-corrected chi connectivity index (χ3v) is 6.08. The smallest absolute Gasteiger partial charge is 0.330 e. The van der Waals surface area contributed by atoms with Crippen molar-refractivity contribution in [3.8, 4) is 5.75 Å². The van der Waals surface area contributed by atoms with Crippen molar-refractivity contribution in [2.24, 2.45) is 5.92 Å². The van der Waals surface area contributed by atoms with Gasteiger partial charge < -0.3 is 19.5 Å². The minimum Gasteiger partial charge on any atom is -0.497 e. The molecule has 3 aromatic rings. The number of methoxy groups -OCH3 is 1. The Labute approximate surface area is 199 Å². The normalized spacial score (nSPS) is 22.2. The molecule has 1 amide bonds. The van der Waals surface area contributed by atoms with Gasteiger partial charge in [-0.25, -0.2) is 4.79 Å². The van der Waals surface area contributed by atoms with Gasteiger partial charge in [0, 0.05) is 17.7 Å². The molecule has 34 heavy (non-hydrogen) atoms. The molecule has 1 heterocycles. The summed E-state index contributed by atoms with van der Waals surface area (Å²) in [5.41, 5.74) is -0.00134. The molecular weight excluding hydrogens is 430 g/mol. The molecule has 1 aliphatic rings. The first-order chi connectivity index (χ1) is 16.5. The van der Waals surface area contributed by atoms with Crippen LogP contribution in [0.1, 0.15) is 24.1 Å². The van der Waals surface area contributed by atoms with E-state index in [0.29, 0.717) is 17.0 Å². The largest absolute Gasteiger partial charge is 0.497 e. The van der Waals surface area contributed by atoms with Crippen LogP contribution in [0.15, 0.2) is 97.1 Å². The zero-order valence-electron chi connectivity index (χ0n) is 19.1. The van der Waals surface area contributed by atoms with Gasteiger partial charge in [0.2, 0.25) is 0 Å². The summed E-state index contributed by atoms with van der Waals surface area (Å²) in [6, 6.07) is 24.9. The number of rotatable bonds is 7. The number of nitrogens with zero attached hydrogens (tertiary/aromatic N) is 1. The van der Waals surface area contributed by atoms with E-state index in [1.807, 2.05) is 36.4 Å². The van der Waals surface area contributed by atoms with Crippen molar-refractivity contribution in [3.63, 3.8) is 0 Å². The Bertz CT molecular complexity index is 1160. The number of hydrogen-bond acceptors (Lipinski definition) is 5. The fraction of sp³-hybridized carbons (Fsp3) is 0.214. The molecule has 1 saturated heterocycles. The summed E-state index contributed by atoms with van der Waals surface area (Å²) >= 11 is 0. The first-order valence-corrected chi connectivity index (χ1v) is 11.2. The van der Waals surface area contributed by atoms with Crippen molar-refractivity contribution in [1.29, 1.82) is 0 Å². The summed E-state index contributed by atoms with van der Waals surface area (Å²) < 4.78 is 10.3. The highest BCUT2D eigenvalue weighted by molar-refractivity contribution is 6.04. The van der Waals surface area contributed by atoms with E-state index in [2.05, 4.69) is 0 Å². The zero-order chi connectivity index (χ0) is 24.1. The number of benzene rings is 3. The lowest BCUT2D eigenvalue weighted by Crippen LogP contribution is -2.40. The minimum atomic E-state index is -1.90. The van der Waals surface area contributed by atoms with Crippen molar-refractivity contribution >= 4 is 17.6 Å². The molecule has 6 heteroatoms. The Kier molecular flexibility index (Phi) is 6.80. The molecule has 6 nitrogen and oxygen atoms in total. The first kappa shape index (κ1) is 23.3. The Hall–Kier alpha value is -3.90. The lowest BCUT2D eigenvalue weighted by atomic mass is 9.78. The highest BCUT2D eigenvalue weighted by Crippen LogP contribution is 2.51. The van der Waals surface area contributed by atoms with Gasteiger partial charge in [-0.05, 0) is 42.3 Å². The Morgan fingerprint density at radius 1 is 1.00 bits per heavy atom. The average molecular weight is 458 g/mol. The molecule has 1 N–H and O–H groups in total. The molecule has 3 atom stereocenters. The molecule has 0 spiro atoms. The molecule has 0 saturated carbocycles. The quantitative estimate of drug-likeness (QED) is 0.420. The highest BCUT2D eigenvalue weighted by atomic mass is 16.5. The predicted octanol–water partition coefficient (Wildman–Crippen LogP) is 4.41. The van der Waals surface area contributed by atoms with Gasteiger partial charge in [0.05, 0.1) is 19.8 Å². The summed E-state index contributed by atoms with van der Waals surface area (Å²) in [5.74, 6) is -1.11. The molecule has 0 bridgehead atoms. The Morgan fingerprint density at radius 3 is 2.21 bits per heavy atom. The second-order valence-corrected chi connectivity index (χ2v) is 8.00. The number of aliphatic hydroxyl groups is 1. The van der Waals surface area contributed by atoms with Crippen LogP contribution in [-0.2, 0) is 19.9 Å². The van der Waals surface area contributed by atoms with Crippen LogP contribution >= 0.6 is 0 Å². The monoisotopic (exact) mass is 457 g/mol. The summed E-state index contributed by atoms with van der Waals surface area (Å²) in [6.45, 7) is 1.96. The summed E-state index contributed by atoms with van der Waals surface area (Å²) in [7, 11) is 1.58. The SMILES string of the molecule is CCOC(=O)/C=C/[C@@H]1[C@@H](c2ccccc2)N(c2ccc(OC)cc2)C(=O)[C@]1(O)c1ccccc1. The first-order valence-electron chi connectivity index (χ1n) is 11.2. The second-order valence-electron chi connectivity index (χ2n) is 8.00. The second kappa shape index (κ2) is 9.93. The number of anilines is 1. The maximum absolute atomic E-state index is 14.0. The van der Waals surface area contributed by atoms with Crippen LogP contribution in [0.5, 0.6) is 5.75 Å². The van der Waals surface area contributed by atoms with Crippen LogP contribution in [-0.4, -0.2) is 30.7 Å². The van der Waals surface area contributed by atoms with E-state index in [1.54, 1.807) is 73.5 Å². The molecule has 4 rings (SSSR count). The van der Waals surface area contributed by atoms with E-state index in [9.17, 15) is 14.7 Å². The zero-order valence-corrected chi connectivity index (χ0v) is 19.1. The minimum absolute atomic E-state index is 0.232. The van der Waals surface area contributed by atoms with Crippen molar-refractivity contribution in [2.45, 2.75) is 18.6 Å². The van der Waals surface area contributed by atoms with Gasteiger partial charge in [-0.15, -0.1) is 0 Å². The fourth-order valence-electron chi connectivity index (χ4n) is 4.49. The summed E-state index contributed by atoms with van der Waals surface area (Å²) in [6.07, 6.45) is 2.88. The van der Waals surface area contributed by atoms with Crippen molar-refractivity contribution in [2.75, 3.05) is 18.6 Å². The number of carbonyl (C=O) groups is 2. The van der Waals surface area contributed by atoms with Gasteiger partial charge in [0.15, 0.2) is 5.60 Å². The van der Waals surface area contributed by atoms with E-state index in [0.717, 1.165) is 5.56 Å².